The average molecular weight is 562 g/mol. The molecule has 0 heterocycles. The van der Waals surface area contributed by atoms with Crippen molar-refractivity contribution >= 4 is 39.4 Å². The fourth-order valence-corrected chi connectivity index (χ4v) is 5.35. The van der Waals surface area contributed by atoms with E-state index >= 15 is 0 Å². The van der Waals surface area contributed by atoms with Crippen LogP contribution in [0.25, 0.3) is 0 Å². The lowest BCUT2D eigenvalue weighted by atomic mass is 10.1. The molecular formula is C30H28ClN3O4S. The summed E-state index contributed by atoms with van der Waals surface area (Å²) in [4.78, 5) is 12.9. The Kier molecular flexibility index (Phi) is 9.01. The maximum absolute atomic E-state index is 13.4. The second-order valence-electron chi connectivity index (χ2n) is 8.87. The minimum absolute atomic E-state index is 0.0946. The number of sulfonamides is 1. The van der Waals surface area contributed by atoms with Gasteiger partial charge in [-0.05, 0) is 96.8 Å². The van der Waals surface area contributed by atoms with Gasteiger partial charge in [-0.15, -0.1) is 0 Å². The summed E-state index contributed by atoms with van der Waals surface area (Å²) in [5.74, 6) is 0.0942. The molecule has 1 N–H and O–H groups in total. The molecule has 0 fully saturated rings. The third-order valence-corrected chi connectivity index (χ3v) is 8.00. The number of aryl methyl sites for hydroxylation is 2. The quantitative estimate of drug-likeness (QED) is 0.193. The number of amides is 1. The number of carbonyl (C=O) groups is 1. The monoisotopic (exact) mass is 561 g/mol. The largest absolute Gasteiger partial charge is 0.489 e. The van der Waals surface area contributed by atoms with E-state index in [9.17, 15) is 13.2 Å². The zero-order valence-corrected chi connectivity index (χ0v) is 23.1. The van der Waals surface area contributed by atoms with E-state index in [4.69, 9.17) is 16.3 Å². The second kappa shape index (κ2) is 12.6. The van der Waals surface area contributed by atoms with Crippen molar-refractivity contribution in [3.63, 3.8) is 0 Å². The maximum atomic E-state index is 13.4. The SMILES string of the molecule is Cc1ccc(N(CC(=O)N/N=C\c2ccc(OCc3cccc(Cl)c3)cc2)S(=O)(=O)c2ccccc2)cc1C. The lowest BCUT2D eigenvalue weighted by Gasteiger charge is -2.24. The second-order valence-corrected chi connectivity index (χ2v) is 11.2. The summed E-state index contributed by atoms with van der Waals surface area (Å²) >= 11 is 6.01. The standard InChI is InChI=1S/C30H28ClN3O4S/c1-22-11-14-27(17-23(22)2)34(39(36,37)29-9-4-3-5-10-29)20-30(35)33-32-19-24-12-15-28(16-13-24)38-21-25-7-6-8-26(31)18-25/h3-19H,20-21H2,1-2H3,(H,33,35)/b32-19-. The Balaban J connectivity index is 1.41. The van der Waals surface area contributed by atoms with Gasteiger partial charge in [0.2, 0.25) is 0 Å². The molecule has 0 aromatic heterocycles. The Bertz CT molecular complexity index is 1570. The molecule has 4 rings (SSSR count). The van der Waals surface area contributed by atoms with Gasteiger partial charge in [0.05, 0.1) is 16.8 Å². The summed E-state index contributed by atoms with van der Waals surface area (Å²) in [6, 6.07) is 27.9. The third-order valence-electron chi connectivity index (χ3n) is 5.97. The van der Waals surface area contributed by atoms with Crippen LogP contribution in [-0.2, 0) is 21.4 Å². The van der Waals surface area contributed by atoms with Crippen molar-refractivity contribution in [2.24, 2.45) is 5.10 Å². The molecule has 9 heteroatoms. The zero-order valence-electron chi connectivity index (χ0n) is 21.5. The summed E-state index contributed by atoms with van der Waals surface area (Å²) in [5, 5.41) is 4.66. The van der Waals surface area contributed by atoms with Gasteiger partial charge in [-0.25, -0.2) is 13.8 Å². The van der Waals surface area contributed by atoms with E-state index in [1.165, 1.54) is 18.3 Å². The molecule has 200 valence electrons. The number of hydrogen-bond donors (Lipinski definition) is 1. The van der Waals surface area contributed by atoms with Crippen LogP contribution in [0.4, 0.5) is 5.69 Å². The van der Waals surface area contributed by atoms with E-state index in [1.54, 1.807) is 60.7 Å². The number of rotatable bonds is 10. The summed E-state index contributed by atoms with van der Waals surface area (Å²) in [6.45, 7) is 3.78. The highest BCUT2D eigenvalue weighted by Crippen LogP contribution is 2.25. The van der Waals surface area contributed by atoms with E-state index in [0.29, 0.717) is 23.1 Å². The molecule has 0 radical (unpaired) electrons. The van der Waals surface area contributed by atoms with Crippen LogP contribution in [0.15, 0.2) is 107 Å². The van der Waals surface area contributed by atoms with Crippen molar-refractivity contribution < 1.29 is 17.9 Å². The predicted octanol–water partition coefficient (Wildman–Crippen LogP) is 5.88. The van der Waals surface area contributed by atoms with Crippen molar-refractivity contribution in [3.05, 3.63) is 124 Å². The number of halogens is 1. The number of hydrazone groups is 1. The molecule has 39 heavy (non-hydrogen) atoms. The minimum atomic E-state index is -3.99. The number of nitrogens with zero attached hydrogens (tertiary/aromatic N) is 2. The van der Waals surface area contributed by atoms with Crippen LogP contribution < -0.4 is 14.5 Å². The van der Waals surface area contributed by atoms with Crippen molar-refractivity contribution in [1.29, 1.82) is 0 Å². The van der Waals surface area contributed by atoms with Crippen molar-refractivity contribution in [2.75, 3.05) is 10.8 Å². The van der Waals surface area contributed by atoms with Gasteiger partial charge >= 0.3 is 0 Å². The first kappa shape index (κ1) is 27.9. The molecular weight excluding hydrogens is 534 g/mol. The molecule has 0 unspecified atom stereocenters. The molecule has 0 saturated carbocycles. The summed E-state index contributed by atoms with van der Waals surface area (Å²) in [5.41, 5.74) is 6.45. The number of anilines is 1. The Morgan fingerprint density at radius 3 is 2.36 bits per heavy atom. The number of benzene rings is 4. The van der Waals surface area contributed by atoms with Crippen LogP contribution in [-0.4, -0.2) is 27.1 Å². The van der Waals surface area contributed by atoms with Crippen LogP contribution in [0.5, 0.6) is 5.75 Å². The maximum Gasteiger partial charge on any atom is 0.264 e. The summed E-state index contributed by atoms with van der Waals surface area (Å²) in [7, 11) is -3.99. The van der Waals surface area contributed by atoms with E-state index in [1.807, 2.05) is 38.1 Å². The average Bonchev–Trinajstić information content (AvgIpc) is 2.93. The van der Waals surface area contributed by atoms with Gasteiger partial charge < -0.3 is 4.74 Å². The molecule has 4 aromatic carbocycles. The highest BCUT2D eigenvalue weighted by atomic mass is 35.5. The lowest BCUT2D eigenvalue weighted by molar-refractivity contribution is -0.119. The minimum Gasteiger partial charge on any atom is -0.489 e. The first-order valence-corrected chi connectivity index (χ1v) is 14.0. The third kappa shape index (κ3) is 7.46. The molecule has 0 atom stereocenters. The van der Waals surface area contributed by atoms with Gasteiger partial charge in [0.1, 0.15) is 18.9 Å². The van der Waals surface area contributed by atoms with Gasteiger partial charge in [0.25, 0.3) is 15.9 Å². The predicted molar refractivity (Wildman–Crippen MR) is 155 cm³/mol. The Labute approximate surface area is 233 Å². The van der Waals surface area contributed by atoms with Crippen molar-refractivity contribution in [1.82, 2.24) is 5.43 Å². The van der Waals surface area contributed by atoms with Gasteiger partial charge in [0, 0.05) is 5.02 Å². The van der Waals surface area contributed by atoms with Gasteiger partial charge in [-0.1, -0.05) is 48.0 Å². The van der Waals surface area contributed by atoms with Crippen LogP contribution in [0.1, 0.15) is 22.3 Å². The fraction of sp³-hybridized carbons (Fsp3) is 0.133. The molecule has 0 spiro atoms. The highest BCUT2D eigenvalue weighted by Gasteiger charge is 2.27. The first-order valence-electron chi connectivity index (χ1n) is 12.2. The number of ether oxygens (including phenoxy) is 1. The first-order chi connectivity index (χ1) is 18.7. The Morgan fingerprint density at radius 1 is 0.923 bits per heavy atom. The molecule has 0 aliphatic carbocycles. The Hall–Kier alpha value is -4.14. The number of hydrogen-bond acceptors (Lipinski definition) is 5. The van der Waals surface area contributed by atoms with E-state index in [-0.39, 0.29) is 4.90 Å². The highest BCUT2D eigenvalue weighted by molar-refractivity contribution is 7.92. The zero-order chi connectivity index (χ0) is 27.8. The van der Waals surface area contributed by atoms with Gasteiger partial charge in [-0.2, -0.15) is 5.10 Å². The normalized spacial score (nSPS) is 11.4. The van der Waals surface area contributed by atoms with E-state index in [2.05, 4.69) is 10.5 Å². The molecule has 0 bridgehead atoms. The van der Waals surface area contributed by atoms with Crippen molar-refractivity contribution in [3.8, 4) is 5.75 Å². The van der Waals surface area contributed by atoms with E-state index < -0.39 is 22.5 Å². The smallest absolute Gasteiger partial charge is 0.264 e. The molecule has 0 aliphatic rings. The van der Waals surface area contributed by atoms with Gasteiger partial charge in [0.15, 0.2) is 0 Å². The number of nitrogens with one attached hydrogen (secondary N) is 1. The topological polar surface area (TPSA) is 88.1 Å². The summed E-state index contributed by atoms with van der Waals surface area (Å²) in [6.07, 6.45) is 1.48. The molecule has 0 saturated heterocycles. The lowest BCUT2D eigenvalue weighted by Crippen LogP contribution is -2.39. The van der Waals surface area contributed by atoms with E-state index in [0.717, 1.165) is 26.6 Å². The number of carbonyl (C=O) groups excluding carboxylic acids is 1. The molecule has 7 nitrogen and oxygen atoms in total. The molecule has 4 aromatic rings. The molecule has 0 aliphatic heterocycles. The van der Waals surface area contributed by atoms with Crippen LogP contribution in [0.3, 0.4) is 0 Å². The van der Waals surface area contributed by atoms with Crippen LogP contribution >= 0.6 is 11.6 Å². The molecule has 1 amide bonds. The Morgan fingerprint density at radius 2 is 1.67 bits per heavy atom. The van der Waals surface area contributed by atoms with Crippen LogP contribution in [0.2, 0.25) is 5.02 Å². The fourth-order valence-electron chi connectivity index (χ4n) is 3.70. The van der Waals surface area contributed by atoms with Crippen LogP contribution in [0, 0.1) is 13.8 Å². The summed E-state index contributed by atoms with van der Waals surface area (Å²) < 4.78 is 33.8. The van der Waals surface area contributed by atoms with Crippen molar-refractivity contribution in [2.45, 2.75) is 25.3 Å². The van der Waals surface area contributed by atoms with Gasteiger partial charge in [-0.3, -0.25) is 9.10 Å².